The summed E-state index contributed by atoms with van der Waals surface area (Å²) in [6.07, 6.45) is 1.23. The Hall–Kier alpha value is -5.26. The maximum Gasteiger partial charge on any atom is 0.323 e. The molecule has 3 N–H and O–H groups in total. The first kappa shape index (κ1) is 31.7. The Balaban J connectivity index is 1.28. The van der Waals surface area contributed by atoms with Crippen LogP contribution in [0.25, 0.3) is 11.1 Å². The molecule has 0 unspecified atom stereocenters. The van der Waals surface area contributed by atoms with Crippen LogP contribution in [-0.4, -0.2) is 42.0 Å². The lowest BCUT2D eigenvalue weighted by Crippen LogP contribution is -2.39. The van der Waals surface area contributed by atoms with Gasteiger partial charge < -0.3 is 29.2 Å². The molecule has 47 heavy (non-hydrogen) atoms. The molecule has 0 bridgehead atoms. The molecular weight excluding hydrogens is 622 g/mol. The van der Waals surface area contributed by atoms with Crippen molar-refractivity contribution in [2.75, 3.05) is 19.8 Å². The number of nitrogens with one attached hydrogen (secondary N) is 1. The third kappa shape index (κ3) is 6.96. The molecule has 10 nitrogen and oxygen atoms in total. The number of rotatable bonds is 11. The number of fused-ring (bicyclic) bond motifs is 2. The Labute approximate surface area is 276 Å². The molecule has 11 heteroatoms. The minimum Gasteiger partial charge on any atom is -0.488 e. The fraction of sp³-hybridized carbons (Fsp3) is 0.250. The third-order valence-electron chi connectivity index (χ3n) is 8.12. The summed E-state index contributed by atoms with van der Waals surface area (Å²) >= 11 is 6.74. The zero-order chi connectivity index (χ0) is 32.9. The number of aliphatic carboxylic acids is 1. The number of carbonyl (C=O) groups is 1. The zero-order valence-electron chi connectivity index (χ0n) is 25.2. The average Bonchev–Trinajstić information content (AvgIpc) is 3.51. The number of carboxylic acid groups (broad SMARTS) is 1. The van der Waals surface area contributed by atoms with E-state index in [0.29, 0.717) is 52.0 Å². The second-order valence-corrected chi connectivity index (χ2v) is 11.6. The van der Waals surface area contributed by atoms with Crippen LogP contribution in [-0.2, 0) is 24.4 Å². The van der Waals surface area contributed by atoms with Crippen LogP contribution >= 0.6 is 11.6 Å². The second kappa shape index (κ2) is 14.0. The molecule has 0 amide bonds. The van der Waals surface area contributed by atoms with Crippen LogP contribution < -0.4 is 24.3 Å². The summed E-state index contributed by atoms with van der Waals surface area (Å²) in [6.45, 7) is 0.482. The molecule has 0 saturated heterocycles. The number of halogens is 1. The van der Waals surface area contributed by atoms with Gasteiger partial charge in [0.15, 0.2) is 11.5 Å². The summed E-state index contributed by atoms with van der Waals surface area (Å²) in [6, 6.07) is 23.1. The van der Waals surface area contributed by atoms with Crippen LogP contribution in [0, 0.1) is 22.7 Å². The van der Waals surface area contributed by atoms with Crippen LogP contribution in [0.1, 0.15) is 45.9 Å². The van der Waals surface area contributed by atoms with Crippen LogP contribution in [0.2, 0.25) is 5.02 Å². The zero-order valence-corrected chi connectivity index (χ0v) is 25.9. The van der Waals surface area contributed by atoms with E-state index in [0.717, 1.165) is 41.0 Å². The molecule has 1 aliphatic carbocycles. The highest BCUT2D eigenvalue weighted by atomic mass is 35.5. The van der Waals surface area contributed by atoms with E-state index in [4.69, 9.17) is 30.5 Å². The van der Waals surface area contributed by atoms with E-state index in [-0.39, 0.29) is 19.3 Å². The number of ether oxygens (including phenoxy) is 4. The third-order valence-corrected chi connectivity index (χ3v) is 8.41. The van der Waals surface area contributed by atoms with Gasteiger partial charge in [0, 0.05) is 18.2 Å². The number of carboxylic acids is 1. The molecule has 1 aliphatic heterocycles. The molecule has 238 valence electrons. The molecule has 0 radical (unpaired) electrons. The largest absolute Gasteiger partial charge is 0.488 e. The van der Waals surface area contributed by atoms with E-state index in [2.05, 4.69) is 11.4 Å². The van der Waals surface area contributed by atoms with Gasteiger partial charge in [-0.05, 0) is 77.1 Å². The molecule has 1 heterocycles. The van der Waals surface area contributed by atoms with Crippen LogP contribution in [0.3, 0.4) is 0 Å². The Morgan fingerprint density at radius 3 is 2.49 bits per heavy atom. The predicted molar refractivity (Wildman–Crippen MR) is 172 cm³/mol. The topological polar surface area (TPSA) is 154 Å². The summed E-state index contributed by atoms with van der Waals surface area (Å²) < 4.78 is 24.2. The van der Waals surface area contributed by atoms with E-state index >= 15 is 0 Å². The first-order valence-corrected chi connectivity index (χ1v) is 15.4. The monoisotopic (exact) mass is 651 g/mol. The van der Waals surface area contributed by atoms with Gasteiger partial charge in [0.2, 0.25) is 0 Å². The maximum atomic E-state index is 11.5. The first-order chi connectivity index (χ1) is 22.9. The minimum atomic E-state index is -1.20. The number of benzene rings is 4. The van der Waals surface area contributed by atoms with Gasteiger partial charge in [0.1, 0.15) is 43.5 Å². The summed E-state index contributed by atoms with van der Waals surface area (Å²) in [4.78, 5) is 11.5. The molecule has 2 aliphatic rings. The number of nitriles is 2. The number of aliphatic hydroxyl groups excluding tert-OH is 1. The van der Waals surface area contributed by atoms with Gasteiger partial charge >= 0.3 is 5.97 Å². The van der Waals surface area contributed by atoms with E-state index in [1.165, 1.54) is 11.6 Å². The van der Waals surface area contributed by atoms with Crippen molar-refractivity contribution in [2.24, 2.45) is 0 Å². The van der Waals surface area contributed by atoms with Gasteiger partial charge in [0.05, 0.1) is 34.9 Å². The van der Waals surface area contributed by atoms with Crippen molar-refractivity contribution in [1.82, 2.24) is 5.32 Å². The molecule has 0 spiro atoms. The lowest BCUT2D eigenvalue weighted by Gasteiger charge is -2.21. The summed E-state index contributed by atoms with van der Waals surface area (Å²) in [5, 5.41) is 40.8. The van der Waals surface area contributed by atoms with Gasteiger partial charge in [0.25, 0.3) is 0 Å². The second-order valence-electron chi connectivity index (χ2n) is 11.2. The van der Waals surface area contributed by atoms with Crippen molar-refractivity contribution in [3.8, 4) is 46.3 Å². The highest BCUT2D eigenvalue weighted by Crippen LogP contribution is 2.44. The molecule has 2 atom stereocenters. The minimum absolute atomic E-state index is 0.0196. The standard InChI is InChI=1S/C36H30ClN3O7/c37-29-13-25(18-40-30(19-41)36(42)43)33(46-20-23-11-21(16-38)10-22(12-23)17-39)15-34(29)47-31-7-5-27-26(2-1-3-28(27)31)24-4-6-32-35(14-24)45-9-8-44-32/h1-4,6,10-15,30-31,40-41H,5,7-9,18-20H2,(H,42,43)/t30-,31-/m0/s1. The van der Waals surface area contributed by atoms with Gasteiger partial charge in [-0.3, -0.25) is 10.1 Å². The predicted octanol–water partition coefficient (Wildman–Crippen LogP) is 5.70. The first-order valence-electron chi connectivity index (χ1n) is 15.0. The normalized spacial score (nSPS) is 15.2. The summed E-state index contributed by atoms with van der Waals surface area (Å²) in [5.41, 5.74) is 6.14. The van der Waals surface area contributed by atoms with Crippen molar-refractivity contribution in [3.05, 3.63) is 105 Å². The Morgan fingerprint density at radius 2 is 1.77 bits per heavy atom. The van der Waals surface area contributed by atoms with Gasteiger partial charge in [-0.2, -0.15) is 10.5 Å². The Morgan fingerprint density at radius 1 is 1.00 bits per heavy atom. The van der Waals surface area contributed by atoms with Crippen molar-refractivity contribution in [3.63, 3.8) is 0 Å². The van der Waals surface area contributed by atoms with Gasteiger partial charge in [-0.15, -0.1) is 0 Å². The highest BCUT2D eigenvalue weighted by Gasteiger charge is 2.28. The maximum absolute atomic E-state index is 11.5. The quantitative estimate of drug-likeness (QED) is 0.184. The average molecular weight is 652 g/mol. The smallest absolute Gasteiger partial charge is 0.323 e. The molecule has 0 saturated carbocycles. The summed E-state index contributed by atoms with van der Waals surface area (Å²) in [7, 11) is 0. The Bertz CT molecular complexity index is 1880. The molecule has 4 aromatic carbocycles. The number of nitrogens with zero attached hydrogens (tertiary/aromatic N) is 2. The van der Waals surface area contributed by atoms with Crippen LogP contribution in [0.4, 0.5) is 0 Å². The van der Waals surface area contributed by atoms with E-state index < -0.39 is 18.6 Å². The molecular formula is C36H30ClN3O7. The number of hydrogen-bond acceptors (Lipinski definition) is 9. The van der Waals surface area contributed by atoms with E-state index in [1.54, 1.807) is 24.3 Å². The van der Waals surface area contributed by atoms with E-state index in [9.17, 15) is 25.5 Å². The lowest BCUT2D eigenvalue weighted by atomic mass is 9.96. The fourth-order valence-electron chi connectivity index (χ4n) is 5.84. The molecule has 0 aromatic heterocycles. The van der Waals surface area contributed by atoms with Gasteiger partial charge in [-0.25, -0.2) is 0 Å². The number of hydrogen-bond donors (Lipinski definition) is 3. The number of aliphatic hydroxyl groups is 1. The molecule has 4 aromatic rings. The van der Waals surface area contributed by atoms with Crippen molar-refractivity contribution in [2.45, 2.75) is 38.1 Å². The fourth-order valence-corrected chi connectivity index (χ4v) is 6.07. The molecule has 0 fully saturated rings. The van der Waals surface area contributed by atoms with E-state index in [1.807, 2.05) is 42.5 Å². The molecule has 6 rings (SSSR count). The highest BCUT2D eigenvalue weighted by molar-refractivity contribution is 6.32. The Kier molecular flexibility index (Phi) is 9.46. The van der Waals surface area contributed by atoms with Crippen LogP contribution in [0.5, 0.6) is 23.0 Å². The summed E-state index contributed by atoms with van der Waals surface area (Å²) in [5.74, 6) is 1.01. The van der Waals surface area contributed by atoms with Crippen molar-refractivity contribution < 1.29 is 34.0 Å². The van der Waals surface area contributed by atoms with Crippen molar-refractivity contribution >= 4 is 17.6 Å². The van der Waals surface area contributed by atoms with Crippen LogP contribution in [0.15, 0.2) is 66.7 Å². The SMILES string of the molecule is N#Cc1cc(C#N)cc(COc2cc(O[C@H]3CCc4c(-c5ccc6c(c5)OCCO6)cccc43)c(Cl)cc2CN[C@@H](CO)C(=O)O)c1. The van der Waals surface area contributed by atoms with Crippen molar-refractivity contribution in [1.29, 1.82) is 10.5 Å². The van der Waals surface area contributed by atoms with Gasteiger partial charge in [-0.1, -0.05) is 35.9 Å². The lowest BCUT2D eigenvalue weighted by molar-refractivity contribution is -0.140.